The Kier molecular flexibility index (Phi) is 4.00. The average Bonchev–Trinajstić information content (AvgIpc) is 3.35. The molecule has 4 aromatic rings. The first-order valence-corrected chi connectivity index (χ1v) is 9.88. The summed E-state index contributed by atoms with van der Waals surface area (Å²) in [5.41, 5.74) is 1.33. The van der Waals surface area contributed by atoms with E-state index in [2.05, 4.69) is 4.98 Å². The second kappa shape index (κ2) is 6.60. The standard InChI is InChI=1S/C21H13N3O5S/c1-11-5-6-15-14(9-11)18(25)16-17(12-3-2-4-13(10-12)24(27)28)23(20(26)19(16)29-15)21-22-7-8-30-21/h2-10,17H,1H3. The van der Waals surface area contributed by atoms with Crippen LogP contribution in [0, 0.1) is 17.0 Å². The number of fused-ring (bicyclic) bond motifs is 2. The molecule has 0 spiro atoms. The van der Waals surface area contributed by atoms with Crippen molar-refractivity contribution in [3.05, 3.63) is 96.8 Å². The molecule has 0 saturated carbocycles. The van der Waals surface area contributed by atoms with Crippen LogP contribution in [0.1, 0.15) is 33.3 Å². The molecule has 8 nitrogen and oxygen atoms in total. The Hall–Kier alpha value is -3.85. The van der Waals surface area contributed by atoms with Gasteiger partial charge in [0.1, 0.15) is 5.58 Å². The van der Waals surface area contributed by atoms with Crippen molar-refractivity contribution in [2.24, 2.45) is 0 Å². The van der Waals surface area contributed by atoms with Gasteiger partial charge >= 0.3 is 0 Å². The summed E-state index contributed by atoms with van der Waals surface area (Å²) < 4.78 is 5.86. The number of aromatic nitrogens is 1. The molecule has 9 heteroatoms. The van der Waals surface area contributed by atoms with Crippen molar-refractivity contribution in [3.8, 4) is 0 Å². The summed E-state index contributed by atoms with van der Waals surface area (Å²) in [6.45, 7) is 1.86. The average molecular weight is 419 g/mol. The summed E-state index contributed by atoms with van der Waals surface area (Å²) in [6, 6.07) is 10.2. The molecule has 0 saturated heterocycles. The third-order valence-corrected chi connectivity index (χ3v) is 5.82. The zero-order valence-corrected chi connectivity index (χ0v) is 16.4. The number of benzene rings is 2. The van der Waals surface area contributed by atoms with Gasteiger partial charge in [0.2, 0.25) is 5.76 Å². The lowest BCUT2D eigenvalue weighted by Crippen LogP contribution is -2.29. The second-order valence-electron chi connectivity index (χ2n) is 6.92. The van der Waals surface area contributed by atoms with Crippen molar-refractivity contribution in [1.29, 1.82) is 0 Å². The van der Waals surface area contributed by atoms with Crippen molar-refractivity contribution >= 4 is 39.0 Å². The van der Waals surface area contributed by atoms with Crippen LogP contribution in [0.4, 0.5) is 10.8 Å². The Balaban J connectivity index is 1.83. The molecule has 0 radical (unpaired) electrons. The highest BCUT2D eigenvalue weighted by atomic mass is 32.1. The van der Waals surface area contributed by atoms with Crippen molar-refractivity contribution in [3.63, 3.8) is 0 Å². The number of carbonyl (C=O) groups is 1. The molecule has 1 unspecified atom stereocenters. The van der Waals surface area contributed by atoms with Crippen LogP contribution < -0.4 is 10.3 Å². The fourth-order valence-corrected chi connectivity index (χ4v) is 4.41. The van der Waals surface area contributed by atoms with Gasteiger partial charge in [0.25, 0.3) is 11.6 Å². The van der Waals surface area contributed by atoms with Gasteiger partial charge < -0.3 is 4.42 Å². The summed E-state index contributed by atoms with van der Waals surface area (Å²) in [6.07, 6.45) is 1.55. The van der Waals surface area contributed by atoms with Crippen LogP contribution in [0.2, 0.25) is 0 Å². The number of nitro groups is 1. The molecule has 3 heterocycles. The number of anilines is 1. The first-order chi connectivity index (χ1) is 14.5. The van der Waals surface area contributed by atoms with Gasteiger partial charge in [-0.25, -0.2) is 4.98 Å². The lowest BCUT2D eigenvalue weighted by Gasteiger charge is -2.22. The summed E-state index contributed by atoms with van der Waals surface area (Å²) >= 11 is 1.23. The van der Waals surface area contributed by atoms with E-state index in [9.17, 15) is 19.7 Å². The number of hydrogen-bond donors (Lipinski definition) is 0. The number of non-ortho nitro benzene ring substituents is 1. The number of rotatable bonds is 3. The maximum absolute atomic E-state index is 13.4. The summed E-state index contributed by atoms with van der Waals surface area (Å²) in [4.78, 5) is 43.1. The Labute approximate surface area is 173 Å². The van der Waals surface area contributed by atoms with Crippen LogP contribution >= 0.6 is 11.3 Å². The monoisotopic (exact) mass is 419 g/mol. The van der Waals surface area contributed by atoms with Crippen molar-refractivity contribution in [2.45, 2.75) is 13.0 Å². The SMILES string of the molecule is Cc1ccc2oc3c(c(=O)c2c1)C(c1cccc([N+](=O)[O-])c1)N(c1nccs1)C3=O. The maximum atomic E-state index is 13.4. The molecule has 0 N–H and O–H groups in total. The molecule has 1 aliphatic rings. The van der Waals surface area contributed by atoms with E-state index in [1.54, 1.807) is 35.8 Å². The van der Waals surface area contributed by atoms with E-state index in [1.807, 2.05) is 6.92 Å². The van der Waals surface area contributed by atoms with Crippen molar-refractivity contribution in [2.75, 3.05) is 4.90 Å². The molecule has 0 fully saturated rings. The molecular weight excluding hydrogens is 406 g/mol. The smallest absolute Gasteiger partial charge is 0.297 e. The predicted molar refractivity (Wildman–Crippen MR) is 111 cm³/mol. The van der Waals surface area contributed by atoms with E-state index in [0.717, 1.165) is 5.56 Å². The molecule has 1 aliphatic heterocycles. The topological polar surface area (TPSA) is 107 Å². The van der Waals surface area contributed by atoms with Crippen molar-refractivity contribution < 1.29 is 14.1 Å². The lowest BCUT2D eigenvalue weighted by atomic mass is 9.98. The van der Waals surface area contributed by atoms with E-state index < -0.39 is 16.9 Å². The van der Waals surface area contributed by atoms with Gasteiger partial charge in [-0.3, -0.25) is 24.6 Å². The molecule has 0 aliphatic carbocycles. The number of thiazole rings is 1. The van der Waals surface area contributed by atoms with Gasteiger partial charge in [-0.1, -0.05) is 23.8 Å². The highest BCUT2D eigenvalue weighted by molar-refractivity contribution is 7.13. The van der Waals surface area contributed by atoms with Crippen molar-refractivity contribution in [1.82, 2.24) is 4.98 Å². The van der Waals surface area contributed by atoms with E-state index in [-0.39, 0.29) is 22.4 Å². The molecule has 1 atom stereocenters. The number of nitrogens with zero attached hydrogens (tertiary/aromatic N) is 3. The van der Waals surface area contributed by atoms with E-state index in [1.165, 1.54) is 34.4 Å². The van der Waals surface area contributed by atoms with Crippen LogP contribution in [-0.4, -0.2) is 15.8 Å². The summed E-state index contributed by atoms with van der Waals surface area (Å²) in [7, 11) is 0. The number of aryl methyl sites for hydroxylation is 1. The van der Waals surface area contributed by atoms with Gasteiger partial charge in [0.05, 0.1) is 21.9 Å². The first-order valence-electron chi connectivity index (χ1n) is 9.00. The molecule has 2 aromatic carbocycles. The normalized spacial score (nSPS) is 15.6. The first kappa shape index (κ1) is 18.2. The van der Waals surface area contributed by atoms with E-state index in [0.29, 0.717) is 21.7 Å². The van der Waals surface area contributed by atoms with E-state index >= 15 is 0 Å². The lowest BCUT2D eigenvalue weighted by molar-refractivity contribution is -0.384. The van der Waals surface area contributed by atoms with Crippen LogP contribution in [0.15, 0.2) is 63.3 Å². The quantitative estimate of drug-likeness (QED) is 0.364. The zero-order chi connectivity index (χ0) is 21.0. The number of hydrogen-bond acceptors (Lipinski definition) is 7. The van der Waals surface area contributed by atoms with Gasteiger partial charge in [0, 0.05) is 23.7 Å². The highest BCUT2D eigenvalue weighted by Gasteiger charge is 2.45. The maximum Gasteiger partial charge on any atom is 0.297 e. The van der Waals surface area contributed by atoms with Gasteiger partial charge in [-0.15, -0.1) is 11.3 Å². The Morgan fingerprint density at radius 1 is 1.20 bits per heavy atom. The third kappa shape index (κ3) is 2.63. The summed E-state index contributed by atoms with van der Waals surface area (Å²) in [5, 5.41) is 13.8. The zero-order valence-electron chi connectivity index (χ0n) is 15.6. The minimum Gasteiger partial charge on any atom is -0.450 e. The van der Waals surface area contributed by atoms with Crippen LogP contribution in [0.5, 0.6) is 0 Å². The molecule has 2 aromatic heterocycles. The molecule has 1 amide bonds. The Morgan fingerprint density at radius 2 is 2.03 bits per heavy atom. The molecular formula is C21H13N3O5S. The highest BCUT2D eigenvalue weighted by Crippen LogP contribution is 2.42. The minimum absolute atomic E-state index is 0.0666. The van der Waals surface area contributed by atoms with Gasteiger partial charge in [-0.05, 0) is 24.6 Å². The van der Waals surface area contributed by atoms with Crippen LogP contribution in [-0.2, 0) is 0 Å². The minimum atomic E-state index is -0.875. The third-order valence-electron chi connectivity index (χ3n) is 5.05. The number of amides is 1. The number of carbonyl (C=O) groups excluding carboxylic acids is 1. The van der Waals surface area contributed by atoms with Crippen LogP contribution in [0.25, 0.3) is 11.0 Å². The van der Waals surface area contributed by atoms with Crippen LogP contribution in [0.3, 0.4) is 0 Å². The number of nitro benzene ring substituents is 1. The molecule has 148 valence electrons. The summed E-state index contributed by atoms with van der Waals surface area (Å²) in [5.74, 6) is -0.570. The molecule has 0 bridgehead atoms. The fourth-order valence-electron chi connectivity index (χ4n) is 3.74. The molecule has 5 rings (SSSR count). The Bertz CT molecular complexity index is 1390. The molecule has 30 heavy (non-hydrogen) atoms. The fraction of sp³-hybridized carbons (Fsp3) is 0.0952. The van der Waals surface area contributed by atoms with Gasteiger partial charge in [-0.2, -0.15) is 0 Å². The van der Waals surface area contributed by atoms with E-state index in [4.69, 9.17) is 4.42 Å². The largest absolute Gasteiger partial charge is 0.450 e. The predicted octanol–water partition coefficient (Wildman–Crippen LogP) is 4.22. The second-order valence-corrected chi connectivity index (χ2v) is 7.79. The Morgan fingerprint density at radius 3 is 2.77 bits per heavy atom. The van der Waals surface area contributed by atoms with Gasteiger partial charge in [0.15, 0.2) is 10.6 Å².